The first-order chi connectivity index (χ1) is 8.49. The van der Waals surface area contributed by atoms with E-state index < -0.39 is 0 Å². The highest BCUT2D eigenvalue weighted by Crippen LogP contribution is 2.23. The Hall–Kier alpha value is -1.07. The van der Waals surface area contributed by atoms with Crippen LogP contribution in [0.15, 0.2) is 22.7 Å². The molecule has 0 saturated carbocycles. The third-order valence-electron chi connectivity index (χ3n) is 2.64. The van der Waals surface area contributed by atoms with Crippen LogP contribution in [0.4, 0.5) is 10.1 Å². The summed E-state index contributed by atoms with van der Waals surface area (Å²) in [7, 11) is 1.81. The van der Waals surface area contributed by atoms with E-state index in [0.717, 1.165) is 11.4 Å². The molecule has 0 amide bonds. The highest BCUT2D eigenvalue weighted by atomic mass is 79.9. The SMILES string of the molecule is Cc1nn(C)c(CNc2ccc(Br)cc2F)c1Cl. The summed E-state index contributed by atoms with van der Waals surface area (Å²) < 4.78 is 16.0. The van der Waals surface area contributed by atoms with Gasteiger partial charge in [0.1, 0.15) is 5.82 Å². The van der Waals surface area contributed by atoms with Gasteiger partial charge in [0, 0.05) is 11.5 Å². The minimum atomic E-state index is -0.306. The number of hydrogen-bond acceptors (Lipinski definition) is 2. The summed E-state index contributed by atoms with van der Waals surface area (Å²) in [4.78, 5) is 0. The Kier molecular flexibility index (Phi) is 3.92. The summed E-state index contributed by atoms with van der Waals surface area (Å²) in [6.07, 6.45) is 0. The zero-order valence-corrected chi connectivity index (χ0v) is 12.3. The fourth-order valence-electron chi connectivity index (χ4n) is 1.68. The van der Waals surface area contributed by atoms with Crippen molar-refractivity contribution >= 4 is 33.2 Å². The van der Waals surface area contributed by atoms with E-state index in [9.17, 15) is 4.39 Å². The molecule has 0 atom stereocenters. The number of rotatable bonds is 3. The van der Waals surface area contributed by atoms with E-state index in [1.807, 2.05) is 14.0 Å². The normalized spacial score (nSPS) is 10.7. The molecule has 18 heavy (non-hydrogen) atoms. The maximum Gasteiger partial charge on any atom is 0.147 e. The number of aryl methyl sites for hydroxylation is 2. The molecule has 2 rings (SSSR count). The zero-order valence-electron chi connectivity index (χ0n) is 9.97. The van der Waals surface area contributed by atoms with Crippen LogP contribution in [-0.4, -0.2) is 9.78 Å². The predicted molar refractivity (Wildman–Crippen MR) is 74.4 cm³/mol. The van der Waals surface area contributed by atoms with Gasteiger partial charge in [-0.1, -0.05) is 27.5 Å². The van der Waals surface area contributed by atoms with Crippen molar-refractivity contribution in [3.63, 3.8) is 0 Å². The second kappa shape index (κ2) is 5.28. The number of hydrogen-bond donors (Lipinski definition) is 1. The number of nitrogens with zero attached hydrogens (tertiary/aromatic N) is 2. The van der Waals surface area contributed by atoms with Crippen LogP contribution in [0.5, 0.6) is 0 Å². The molecule has 0 bridgehead atoms. The molecular formula is C12H12BrClFN3. The molecule has 0 aliphatic rings. The predicted octanol–water partition coefficient (Wildman–Crippen LogP) is 3.90. The lowest BCUT2D eigenvalue weighted by atomic mass is 10.3. The third kappa shape index (κ3) is 2.67. The van der Waals surface area contributed by atoms with Gasteiger partial charge in [-0.15, -0.1) is 0 Å². The van der Waals surface area contributed by atoms with Crippen molar-refractivity contribution in [2.75, 3.05) is 5.32 Å². The van der Waals surface area contributed by atoms with Gasteiger partial charge in [0.15, 0.2) is 0 Å². The summed E-state index contributed by atoms with van der Waals surface area (Å²) in [5.41, 5.74) is 2.04. The van der Waals surface area contributed by atoms with Gasteiger partial charge in [0.25, 0.3) is 0 Å². The molecule has 96 valence electrons. The molecular weight excluding hydrogens is 321 g/mol. The van der Waals surface area contributed by atoms with Crippen LogP contribution in [0, 0.1) is 12.7 Å². The first-order valence-electron chi connectivity index (χ1n) is 5.36. The average Bonchev–Trinajstić information content (AvgIpc) is 2.53. The van der Waals surface area contributed by atoms with Crippen molar-refractivity contribution in [1.29, 1.82) is 0 Å². The van der Waals surface area contributed by atoms with E-state index in [-0.39, 0.29) is 5.82 Å². The van der Waals surface area contributed by atoms with Crippen LogP contribution in [-0.2, 0) is 13.6 Å². The van der Waals surface area contributed by atoms with Crippen molar-refractivity contribution in [2.24, 2.45) is 7.05 Å². The number of benzene rings is 1. The highest BCUT2D eigenvalue weighted by molar-refractivity contribution is 9.10. The average molecular weight is 333 g/mol. The summed E-state index contributed by atoms with van der Waals surface area (Å²) in [6, 6.07) is 4.87. The minimum Gasteiger partial charge on any atom is -0.377 e. The van der Waals surface area contributed by atoms with Crippen LogP contribution in [0.25, 0.3) is 0 Å². The van der Waals surface area contributed by atoms with Gasteiger partial charge in [0.05, 0.1) is 28.6 Å². The van der Waals surface area contributed by atoms with Gasteiger partial charge in [-0.05, 0) is 25.1 Å². The minimum absolute atomic E-state index is 0.306. The lowest BCUT2D eigenvalue weighted by Gasteiger charge is -2.08. The molecule has 1 N–H and O–H groups in total. The van der Waals surface area contributed by atoms with E-state index in [1.165, 1.54) is 6.07 Å². The van der Waals surface area contributed by atoms with Gasteiger partial charge in [-0.2, -0.15) is 5.10 Å². The van der Waals surface area contributed by atoms with Gasteiger partial charge in [-0.3, -0.25) is 4.68 Å². The number of halogens is 3. The number of anilines is 1. The Morgan fingerprint density at radius 3 is 2.78 bits per heavy atom. The molecule has 1 aromatic heterocycles. The Morgan fingerprint density at radius 1 is 1.50 bits per heavy atom. The lowest BCUT2D eigenvalue weighted by Crippen LogP contribution is -2.07. The molecule has 0 aliphatic carbocycles. The van der Waals surface area contributed by atoms with E-state index in [1.54, 1.807) is 16.8 Å². The lowest BCUT2D eigenvalue weighted by molar-refractivity contribution is 0.628. The quantitative estimate of drug-likeness (QED) is 0.924. The Bertz CT molecular complexity index is 583. The summed E-state index contributed by atoms with van der Waals surface area (Å²) in [5, 5.41) is 7.83. The second-order valence-electron chi connectivity index (χ2n) is 3.95. The molecule has 3 nitrogen and oxygen atoms in total. The number of aromatic nitrogens is 2. The van der Waals surface area contributed by atoms with Crippen molar-refractivity contribution in [1.82, 2.24) is 9.78 Å². The fourth-order valence-corrected chi connectivity index (χ4v) is 2.24. The maximum atomic E-state index is 13.6. The molecule has 0 aliphatic heterocycles. The molecule has 0 spiro atoms. The van der Waals surface area contributed by atoms with E-state index >= 15 is 0 Å². The first-order valence-corrected chi connectivity index (χ1v) is 6.53. The molecule has 2 aromatic rings. The Morgan fingerprint density at radius 2 is 2.22 bits per heavy atom. The standard InChI is InChI=1S/C12H12BrClFN3/c1-7-12(14)11(18(2)17-7)6-16-10-4-3-8(13)5-9(10)15/h3-5,16H,6H2,1-2H3. The van der Waals surface area contributed by atoms with Crippen LogP contribution in [0.3, 0.4) is 0 Å². The van der Waals surface area contributed by atoms with E-state index in [2.05, 4.69) is 26.3 Å². The van der Waals surface area contributed by atoms with Crippen LogP contribution in [0.2, 0.25) is 5.02 Å². The fraction of sp³-hybridized carbons (Fsp3) is 0.250. The summed E-state index contributed by atoms with van der Waals surface area (Å²) in [5.74, 6) is -0.306. The third-order valence-corrected chi connectivity index (χ3v) is 3.62. The molecule has 1 aromatic carbocycles. The van der Waals surface area contributed by atoms with Gasteiger partial charge in [0.2, 0.25) is 0 Å². The van der Waals surface area contributed by atoms with Gasteiger partial charge in [-0.25, -0.2) is 4.39 Å². The second-order valence-corrected chi connectivity index (χ2v) is 5.24. The Labute approximate surface area is 118 Å². The first kappa shape index (κ1) is 13.4. The largest absolute Gasteiger partial charge is 0.377 e. The molecule has 1 heterocycles. The molecule has 0 fully saturated rings. The van der Waals surface area contributed by atoms with Crippen LogP contribution < -0.4 is 5.32 Å². The van der Waals surface area contributed by atoms with Crippen LogP contribution >= 0.6 is 27.5 Å². The highest BCUT2D eigenvalue weighted by Gasteiger charge is 2.11. The van der Waals surface area contributed by atoms with Crippen molar-refractivity contribution < 1.29 is 4.39 Å². The maximum absolute atomic E-state index is 13.6. The van der Waals surface area contributed by atoms with Crippen LogP contribution in [0.1, 0.15) is 11.4 Å². The summed E-state index contributed by atoms with van der Waals surface area (Å²) in [6.45, 7) is 2.26. The summed E-state index contributed by atoms with van der Waals surface area (Å²) >= 11 is 9.34. The van der Waals surface area contributed by atoms with Gasteiger partial charge >= 0.3 is 0 Å². The zero-order chi connectivity index (χ0) is 13.3. The monoisotopic (exact) mass is 331 g/mol. The number of nitrogens with one attached hydrogen (secondary N) is 1. The molecule has 0 radical (unpaired) electrons. The van der Waals surface area contributed by atoms with Crippen molar-refractivity contribution in [2.45, 2.75) is 13.5 Å². The molecule has 6 heteroatoms. The Balaban J connectivity index is 2.16. The van der Waals surface area contributed by atoms with E-state index in [0.29, 0.717) is 21.7 Å². The van der Waals surface area contributed by atoms with Gasteiger partial charge < -0.3 is 5.32 Å². The smallest absolute Gasteiger partial charge is 0.147 e. The molecule has 0 unspecified atom stereocenters. The topological polar surface area (TPSA) is 29.9 Å². The van der Waals surface area contributed by atoms with Crippen molar-refractivity contribution in [3.8, 4) is 0 Å². The van der Waals surface area contributed by atoms with Crippen molar-refractivity contribution in [3.05, 3.63) is 44.9 Å². The molecule has 0 saturated heterocycles. The van der Waals surface area contributed by atoms with E-state index in [4.69, 9.17) is 11.6 Å².